The van der Waals surface area contributed by atoms with Crippen LogP contribution in [-0.2, 0) is 4.84 Å². The van der Waals surface area contributed by atoms with E-state index in [0.29, 0.717) is 6.61 Å². The van der Waals surface area contributed by atoms with Crippen LogP contribution in [0.25, 0.3) is 0 Å². The van der Waals surface area contributed by atoms with Gasteiger partial charge in [0.05, 0.1) is 6.61 Å². The van der Waals surface area contributed by atoms with E-state index in [1.54, 1.807) is 0 Å². The lowest BCUT2D eigenvalue weighted by molar-refractivity contribution is 0.0634. The van der Waals surface area contributed by atoms with Crippen LogP contribution in [0.3, 0.4) is 0 Å². The van der Waals surface area contributed by atoms with Crippen molar-refractivity contribution in [2.24, 2.45) is 0 Å². The normalized spacial score (nSPS) is 10.0. The smallest absolute Gasteiger partial charge is 0.306 e. The van der Waals surface area contributed by atoms with Crippen molar-refractivity contribution in [1.29, 1.82) is 0 Å². The number of carbonyl (C=O) groups excluding carboxylic acids is 1. The van der Waals surface area contributed by atoms with E-state index in [2.05, 4.69) is 17.7 Å². The molecule has 1 aromatic carbocycles. The minimum absolute atomic E-state index is 0.342. The first-order valence-electron chi connectivity index (χ1n) is 5.98. The number of rotatable bonds is 6. The predicted molar refractivity (Wildman–Crippen MR) is 68.8 cm³/mol. The van der Waals surface area contributed by atoms with Gasteiger partial charge in [0, 0.05) is 5.69 Å². The van der Waals surface area contributed by atoms with Crippen LogP contribution in [-0.4, -0.2) is 12.6 Å². The van der Waals surface area contributed by atoms with Gasteiger partial charge in [0.15, 0.2) is 0 Å². The van der Waals surface area contributed by atoms with Crippen molar-refractivity contribution in [2.75, 3.05) is 11.9 Å². The van der Waals surface area contributed by atoms with Gasteiger partial charge in [-0.15, -0.1) is 0 Å². The fourth-order valence-corrected chi connectivity index (χ4v) is 1.33. The van der Waals surface area contributed by atoms with Crippen LogP contribution < -0.4 is 10.8 Å². The van der Waals surface area contributed by atoms with Crippen molar-refractivity contribution in [2.45, 2.75) is 33.1 Å². The summed E-state index contributed by atoms with van der Waals surface area (Å²) in [7, 11) is 0. The molecule has 0 unspecified atom stereocenters. The van der Waals surface area contributed by atoms with Gasteiger partial charge in [-0.1, -0.05) is 37.5 Å². The Morgan fingerprint density at radius 3 is 2.59 bits per heavy atom. The molecule has 4 nitrogen and oxygen atoms in total. The number of urea groups is 1. The summed E-state index contributed by atoms with van der Waals surface area (Å²) >= 11 is 0. The van der Waals surface area contributed by atoms with E-state index in [4.69, 9.17) is 4.84 Å². The lowest BCUT2D eigenvalue weighted by Crippen LogP contribution is -2.29. The second kappa shape index (κ2) is 7.68. The lowest BCUT2D eigenvalue weighted by atomic mass is 10.2. The summed E-state index contributed by atoms with van der Waals surface area (Å²) in [6.07, 6.45) is 3.21. The molecule has 0 heterocycles. The van der Waals surface area contributed by atoms with Gasteiger partial charge < -0.3 is 5.32 Å². The highest BCUT2D eigenvalue weighted by molar-refractivity contribution is 5.88. The Morgan fingerprint density at radius 2 is 1.94 bits per heavy atom. The predicted octanol–water partition coefficient (Wildman–Crippen LogP) is 3.24. The highest BCUT2D eigenvalue weighted by Crippen LogP contribution is 2.07. The van der Waals surface area contributed by atoms with E-state index >= 15 is 0 Å². The summed E-state index contributed by atoms with van der Waals surface area (Å²) in [5.74, 6) is 0. The maximum atomic E-state index is 11.4. The third kappa shape index (κ3) is 5.92. The Labute approximate surface area is 102 Å². The summed E-state index contributed by atoms with van der Waals surface area (Å²) in [5.41, 5.74) is 4.27. The molecule has 0 saturated carbocycles. The number of anilines is 1. The fourth-order valence-electron chi connectivity index (χ4n) is 1.33. The third-order valence-corrected chi connectivity index (χ3v) is 2.32. The first kappa shape index (κ1) is 13.5. The number of aryl methyl sites for hydroxylation is 1. The summed E-state index contributed by atoms with van der Waals surface area (Å²) in [6, 6.07) is 7.25. The Kier molecular flexibility index (Phi) is 6.10. The molecule has 0 aliphatic carbocycles. The van der Waals surface area contributed by atoms with Crippen LogP contribution in [0.5, 0.6) is 0 Å². The van der Waals surface area contributed by atoms with Crippen molar-refractivity contribution in [1.82, 2.24) is 5.48 Å². The van der Waals surface area contributed by atoms with E-state index < -0.39 is 0 Å². The lowest BCUT2D eigenvalue weighted by Gasteiger charge is -2.07. The second-order valence-corrected chi connectivity index (χ2v) is 3.98. The quantitative estimate of drug-likeness (QED) is 0.588. The first-order chi connectivity index (χ1) is 8.22. The van der Waals surface area contributed by atoms with Crippen molar-refractivity contribution < 1.29 is 9.63 Å². The van der Waals surface area contributed by atoms with Crippen molar-refractivity contribution in [3.05, 3.63) is 29.8 Å². The molecule has 17 heavy (non-hydrogen) atoms. The Balaban J connectivity index is 2.18. The van der Waals surface area contributed by atoms with Crippen LogP contribution in [0, 0.1) is 6.92 Å². The number of nitrogens with one attached hydrogen (secondary N) is 2. The molecule has 2 amide bonds. The molecule has 0 fully saturated rings. The Morgan fingerprint density at radius 1 is 1.24 bits per heavy atom. The molecular formula is C13H20N2O2. The molecule has 4 heteroatoms. The van der Waals surface area contributed by atoms with Gasteiger partial charge in [-0.2, -0.15) is 0 Å². The number of hydrogen-bond acceptors (Lipinski definition) is 2. The molecule has 0 aromatic heterocycles. The molecule has 0 bridgehead atoms. The number of amides is 2. The van der Waals surface area contributed by atoms with Gasteiger partial charge in [-0.25, -0.2) is 10.3 Å². The average molecular weight is 236 g/mol. The van der Waals surface area contributed by atoms with E-state index in [1.807, 2.05) is 31.2 Å². The van der Waals surface area contributed by atoms with Gasteiger partial charge in [0.2, 0.25) is 0 Å². The molecular weight excluding hydrogens is 216 g/mol. The first-order valence-corrected chi connectivity index (χ1v) is 5.98. The zero-order valence-electron chi connectivity index (χ0n) is 10.5. The molecule has 0 atom stereocenters. The van der Waals surface area contributed by atoms with E-state index in [-0.39, 0.29) is 6.03 Å². The molecule has 0 aliphatic rings. The van der Waals surface area contributed by atoms with E-state index in [1.165, 1.54) is 0 Å². The van der Waals surface area contributed by atoms with Crippen molar-refractivity contribution in [3.8, 4) is 0 Å². The summed E-state index contributed by atoms with van der Waals surface area (Å²) < 4.78 is 0. The van der Waals surface area contributed by atoms with Crippen LogP contribution in [0.1, 0.15) is 31.7 Å². The minimum atomic E-state index is -0.342. The highest BCUT2D eigenvalue weighted by atomic mass is 16.7. The Bertz CT molecular complexity index is 336. The number of hydrogen-bond donors (Lipinski definition) is 2. The SMILES string of the molecule is CCCCCONC(=O)Nc1ccc(C)cc1. The van der Waals surface area contributed by atoms with Crippen molar-refractivity contribution >= 4 is 11.7 Å². The minimum Gasteiger partial charge on any atom is -0.306 e. The molecule has 0 radical (unpaired) electrons. The van der Waals surface area contributed by atoms with Gasteiger partial charge >= 0.3 is 6.03 Å². The number of carbonyl (C=O) groups is 1. The number of unbranched alkanes of at least 4 members (excludes halogenated alkanes) is 2. The monoisotopic (exact) mass is 236 g/mol. The molecule has 1 rings (SSSR count). The second-order valence-electron chi connectivity index (χ2n) is 3.98. The van der Waals surface area contributed by atoms with Crippen LogP contribution in [0.4, 0.5) is 10.5 Å². The van der Waals surface area contributed by atoms with E-state index in [0.717, 1.165) is 30.5 Å². The van der Waals surface area contributed by atoms with Gasteiger partial charge in [-0.3, -0.25) is 4.84 Å². The standard InChI is InChI=1S/C13H20N2O2/c1-3-4-5-10-17-15-13(16)14-12-8-6-11(2)7-9-12/h6-9H,3-5,10H2,1-2H3,(H2,14,15,16). The highest BCUT2D eigenvalue weighted by Gasteiger charge is 2.00. The topological polar surface area (TPSA) is 50.4 Å². The molecule has 0 aliphatic heterocycles. The average Bonchev–Trinajstić information content (AvgIpc) is 2.32. The number of benzene rings is 1. The van der Waals surface area contributed by atoms with Gasteiger partial charge in [0.25, 0.3) is 0 Å². The maximum Gasteiger partial charge on any atom is 0.343 e. The van der Waals surface area contributed by atoms with E-state index in [9.17, 15) is 4.79 Å². The molecule has 0 saturated heterocycles. The molecule has 0 spiro atoms. The Hall–Kier alpha value is -1.55. The van der Waals surface area contributed by atoms with Gasteiger partial charge in [0.1, 0.15) is 0 Å². The maximum absolute atomic E-state index is 11.4. The molecule has 1 aromatic rings. The third-order valence-electron chi connectivity index (χ3n) is 2.32. The van der Waals surface area contributed by atoms with Crippen LogP contribution in [0.2, 0.25) is 0 Å². The molecule has 2 N–H and O–H groups in total. The van der Waals surface area contributed by atoms with Crippen LogP contribution in [0.15, 0.2) is 24.3 Å². The number of hydroxylamine groups is 1. The largest absolute Gasteiger partial charge is 0.343 e. The zero-order chi connectivity index (χ0) is 12.5. The zero-order valence-corrected chi connectivity index (χ0v) is 10.5. The van der Waals surface area contributed by atoms with Crippen LogP contribution >= 0.6 is 0 Å². The summed E-state index contributed by atoms with van der Waals surface area (Å²) in [5, 5.41) is 2.68. The van der Waals surface area contributed by atoms with Crippen molar-refractivity contribution in [3.63, 3.8) is 0 Å². The molecule has 94 valence electrons. The summed E-state index contributed by atoms with van der Waals surface area (Å²) in [4.78, 5) is 16.4. The van der Waals surface area contributed by atoms with Gasteiger partial charge in [-0.05, 0) is 25.5 Å². The fraction of sp³-hybridized carbons (Fsp3) is 0.462. The summed E-state index contributed by atoms with van der Waals surface area (Å²) in [6.45, 7) is 4.67.